The van der Waals surface area contributed by atoms with E-state index in [1.807, 2.05) is 6.08 Å². The third-order valence-electron chi connectivity index (χ3n) is 2.37. The number of hydrogen-bond donors (Lipinski definition) is 1. The first-order chi connectivity index (χ1) is 7.18. The van der Waals surface area contributed by atoms with Gasteiger partial charge in [-0.2, -0.15) is 0 Å². The highest BCUT2D eigenvalue weighted by Gasteiger charge is 2.31. The second kappa shape index (κ2) is 5.68. The molecule has 0 aliphatic carbocycles. The molecule has 1 aliphatic rings. The molecule has 84 valence electrons. The second-order valence-electron chi connectivity index (χ2n) is 3.75. The molecule has 1 fully saturated rings. The van der Waals surface area contributed by atoms with Crippen molar-refractivity contribution < 1.29 is 19.4 Å². The highest BCUT2D eigenvalue weighted by atomic mass is 16.7. The van der Waals surface area contributed by atoms with Gasteiger partial charge < -0.3 is 14.6 Å². The van der Waals surface area contributed by atoms with Crippen LogP contribution in [0.4, 0.5) is 0 Å². The molecule has 1 N–H and O–H groups in total. The molecule has 0 amide bonds. The van der Waals surface area contributed by atoms with Crippen molar-refractivity contribution in [2.75, 3.05) is 20.0 Å². The molecule has 4 nitrogen and oxygen atoms in total. The van der Waals surface area contributed by atoms with Crippen LogP contribution >= 0.6 is 0 Å². The standard InChI is InChI=1S/C11H16O4/c1-2-5-11(6-3-4-10(12)13)7-14-9-15-8-11/h2-4H,1,5-9H2,(H,12,13). The summed E-state index contributed by atoms with van der Waals surface area (Å²) in [4.78, 5) is 10.3. The van der Waals surface area contributed by atoms with E-state index in [1.165, 1.54) is 0 Å². The molecular formula is C11H16O4. The van der Waals surface area contributed by atoms with E-state index in [0.29, 0.717) is 26.4 Å². The van der Waals surface area contributed by atoms with Crippen molar-refractivity contribution in [3.05, 3.63) is 24.8 Å². The van der Waals surface area contributed by atoms with Gasteiger partial charge in [-0.3, -0.25) is 0 Å². The number of aliphatic carboxylic acids is 1. The van der Waals surface area contributed by atoms with Gasteiger partial charge in [-0.15, -0.1) is 6.58 Å². The van der Waals surface area contributed by atoms with E-state index in [9.17, 15) is 4.79 Å². The molecule has 0 unspecified atom stereocenters. The van der Waals surface area contributed by atoms with Crippen LogP contribution < -0.4 is 0 Å². The quantitative estimate of drug-likeness (QED) is 0.555. The molecule has 15 heavy (non-hydrogen) atoms. The molecule has 0 bridgehead atoms. The lowest BCUT2D eigenvalue weighted by Gasteiger charge is -2.35. The number of carboxylic acids is 1. The van der Waals surface area contributed by atoms with Crippen LogP contribution in [0, 0.1) is 5.41 Å². The van der Waals surface area contributed by atoms with Gasteiger partial charge in [0.15, 0.2) is 0 Å². The minimum absolute atomic E-state index is 0.147. The highest BCUT2D eigenvalue weighted by molar-refractivity contribution is 5.79. The van der Waals surface area contributed by atoms with E-state index < -0.39 is 5.97 Å². The van der Waals surface area contributed by atoms with Gasteiger partial charge in [-0.1, -0.05) is 12.2 Å². The minimum Gasteiger partial charge on any atom is -0.478 e. The number of hydrogen-bond acceptors (Lipinski definition) is 3. The molecule has 0 radical (unpaired) electrons. The average molecular weight is 212 g/mol. The third kappa shape index (κ3) is 3.85. The largest absolute Gasteiger partial charge is 0.478 e. The molecule has 1 heterocycles. The molecular weight excluding hydrogens is 196 g/mol. The maximum atomic E-state index is 10.3. The van der Waals surface area contributed by atoms with Crippen molar-refractivity contribution in [3.63, 3.8) is 0 Å². The fourth-order valence-electron chi connectivity index (χ4n) is 1.65. The molecule has 1 saturated heterocycles. The van der Waals surface area contributed by atoms with Crippen molar-refractivity contribution >= 4 is 5.97 Å². The van der Waals surface area contributed by atoms with Gasteiger partial charge in [-0.25, -0.2) is 4.79 Å². The smallest absolute Gasteiger partial charge is 0.327 e. The van der Waals surface area contributed by atoms with Crippen molar-refractivity contribution in [2.45, 2.75) is 12.8 Å². The van der Waals surface area contributed by atoms with E-state index in [1.54, 1.807) is 6.08 Å². The van der Waals surface area contributed by atoms with Crippen LogP contribution in [0.2, 0.25) is 0 Å². The Balaban J connectivity index is 2.55. The molecule has 0 saturated carbocycles. The van der Waals surface area contributed by atoms with Gasteiger partial charge in [0.1, 0.15) is 6.79 Å². The van der Waals surface area contributed by atoms with E-state index in [0.717, 1.165) is 12.5 Å². The maximum absolute atomic E-state index is 10.3. The molecule has 0 spiro atoms. The Morgan fingerprint density at radius 3 is 2.60 bits per heavy atom. The van der Waals surface area contributed by atoms with E-state index in [2.05, 4.69) is 6.58 Å². The number of carboxylic acid groups (broad SMARTS) is 1. The number of allylic oxidation sites excluding steroid dienone is 2. The SMILES string of the molecule is C=CCC1(CC=CC(=O)O)COCOC1. The summed E-state index contributed by atoms with van der Waals surface area (Å²) >= 11 is 0. The van der Waals surface area contributed by atoms with Gasteiger partial charge in [0, 0.05) is 11.5 Å². The van der Waals surface area contributed by atoms with Crippen LogP contribution in [0.5, 0.6) is 0 Å². The Morgan fingerprint density at radius 2 is 2.07 bits per heavy atom. The molecule has 0 aromatic rings. The normalized spacial score (nSPS) is 20.3. The fraction of sp³-hybridized carbons (Fsp3) is 0.545. The van der Waals surface area contributed by atoms with Gasteiger partial charge in [-0.05, 0) is 12.8 Å². The fourth-order valence-corrected chi connectivity index (χ4v) is 1.65. The Hall–Kier alpha value is -1.13. The van der Waals surface area contributed by atoms with Gasteiger partial charge >= 0.3 is 5.97 Å². The predicted molar refractivity (Wildman–Crippen MR) is 55.4 cm³/mol. The number of rotatable bonds is 5. The summed E-state index contributed by atoms with van der Waals surface area (Å²) in [5.74, 6) is -0.929. The summed E-state index contributed by atoms with van der Waals surface area (Å²) in [6, 6.07) is 0. The number of carbonyl (C=O) groups is 1. The van der Waals surface area contributed by atoms with Crippen molar-refractivity contribution in [1.82, 2.24) is 0 Å². The van der Waals surface area contributed by atoms with E-state index >= 15 is 0 Å². The Labute approximate surface area is 89.2 Å². The van der Waals surface area contributed by atoms with Gasteiger partial charge in [0.2, 0.25) is 0 Å². The average Bonchev–Trinajstić information content (AvgIpc) is 2.19. The van der Waals surface area contributed by atoms with Crippen LogP contribution in [0.15, 0.2) is 24.8 Å². The lowest BCUT2D eigenvalue weighted by atomic mass is 9.82. The lowest BCUT2D eigenvalue weighted by Crippen LogP contribution is -2.36. The topological polar surface area (TPSA) is 55.8 Å². The predicted octanol–water partition coefficient (Wildman–Crippen LogP) is 1.58. The van der Waals surface area contributed by atoms with Crippen LogP contribution in [0.3, 0.4) is 0 Å². The summed E-state index contributed by atoms with van der Waals surface area (Å²) in [6.45, 7) is 5.19. The molecule has 1 aliphatic heterocycles. The number of ether oxygens (including phenoxy) is 2. The van der Waals surface area contributed by atoms with Crippen molar-refractivity contribution in [1.29, 1.82) is 0 Å². The van der Waals surface area contributed by atoms with E-state index in [-0.39, 0.29) is 5.41 Å². The van der Waals surface area contributed by atoms with Gasteiger partial charge in [0.25, 0.3) is 0 Å². The molecule has 4 heteroatoms. The summed E-state index contributed by atoms with van der Waals surface area (Å²) in [5, 5.41) is 8.49. The van der Waals surface area contributed by atoms with Crippen molar-refractivity contribution in [3.8, 4) is 0 Å². The summed E-state index contributed by atoms with van der Waals surface area (Å²) in [5.41, 5.74) is -0.147. The lowest BCUT2D eigenvalue weighted by molar-refractivity contribution is -0.162. The van der Waals surface area contributed by atoms with Crippen LogP contribution in [0.1, 0.15) is 12.8 Å². The first kappa shape index (κ1) is 11.9. The zero-order valence-corrected chi connectivity index (χ0v) is 8.65. The van der Waals surface area contributed by atoms with Crippen LogP contribution in [-0.2, 0) is 14.3 Å². The second-order valence-corrected chi connectivity index (χ2v) is 3.75. The van der Waals surface area contributed by atoms with Gasteiger partial charge in [0.05, 0.1) is 13.2 Å². The third-order valence-corrected chi connectivity index (χ3v) is 2.37. The Bertz CT molecular complexity index is 251. The minimum atomic E-state index is -0.929. The summed E-state index contributed by atoms with van der Waals surface area (Å²) < 4.78 is 10.5. The highest BCUT2D eigenvalue weighted by Crippen LogP contribution is 2.31. The summed E-state index contributed by atoms with van der Waals surface area (Å²) in [7, 11) is 0. The van der Waals surface area contributed by atoms with E-state index in [4.69, 9.17) is 14.6 Å². The Morgan fingerprint density at radius 1 is 1.40 bits per heavy atom. The molecule has 0 aromatic heterocycles. The van der Waals surface area contributed by atoms with Crippen LogP contribution in [0.25, 0.3) is 0 Å². The first-order valence-corrected chi connectivity index (χ1v) is 4.84. The Kier molecular flexibility index (Phi) is 4.52. The molecule has 1 rings (SSSR count). The monoisotopic (exact) mass is 212 g/mol. The molecule has 0 aromatic carbocycles. The first-order valence-electron chi connectivity index (χ1n) is 4.84. The van der Waals surface area contributed by atoms with Crippen LogP contribution in [-0.4, -0.2) is 31.1 Å². The maximum Gasteiger partial charge on any atom is 0.327 e. The van der Waals surface area contributed by atoms with Crippen molar-refractivity contribution in [2.24, 2.45) is 5.41 Å². The zero-order valence-electron chi connectivity index (χ0n) is 8.65. The zero-order chi connectivity index (χ0) is 11.1. The summed E-state index contributed by atoms with van der Waals surface area (Å²) in [6.07, 6.45) is 6.00. The molecule has 0 atom stereocenters.